The maximum atomic E-state index is 5.46. The van der Waals surface area contributed by atoms with Gasteiger partial charge in [0.15, 0.2) is 0 Å². The summed E-state index contributed by atoms with van der Waals surface area (Å²) in [4.78, 5) is 2.54. The molecule has 2 heteroatoms. The van der Waals surface area contributed by atoms with Crippen molar-refractivity contribution in [3.63, 3.8) is 0 Å². The zero-order chi connectivity index (χ0) is 8.81. The Labute approximate surface area is 75.9 Å². The summed E-state index contributed by atoms with van der Waals surface area (Å²) < 4.78 is 5.46. The maximum Gasteiger partial charge on any atom is 0.0621 e. The van der Waals surface area contributed by atoms with Gasteiger partial charge in [-0.05, 0) is 32.9 Å². The van der Waals surface area contributed by atoms with E-state index in [9.17, 15) is 0 Å². The Morgan fingerprint density at radius 1 is 1.33 bits per heavy atom. The number of likely N-dealkylation sites (tertiary alicyclic amines) is 1. The molecule has 1 aliphatic heterocycles. The van der Waals surface area contributed by atoms with Crippen molar-refractivity contribution in [2.24, 2.45) is 0 Å². The molecule has 0 saturated carbocycles. The van der Waals surface area contributed by atoms with Gasteiger partial charge in [0.25, 0.3) is 0 Å². The smallest absolute Gasteiger partial charge is 0.0621 e. The second-order valence-electron chi connectivity index (χ2n) is 3.44. The minimum Gasteiger partial charge on any atom is -0.380 e. The third-order valence-corrected chi connectivity index (χ3v) is 2.67. The zero-order valence-corrected chi connectivity index (χ0v) is 8.38. The summed E-state index contributed by atoms with van der Waals surface area (Å²) in [5, 5.41) is 0. The second-order valence-corrected chi connectivity index (χ2v) is 3.44. The molecule has 0 aromatic carbocycles. The van der Waals surface area contributed by atoms with Crippen molar-refractivity contribution in [3.8, 4) is 0 Å². The van der Waals surface area contributed by atoms with Crippen LogP contribution in [-0.2, 0) is 4.74 Å². The van der Waals surface area contributed by atoms with Gasteiger partial charge >= 0.3 is 0 Å². The van der Waals surface area contributed by atoms with E-state index in [2.05, 4.69) is 18.7 Å². The fraction of sp³-hybridized carbons (Fsp3) is 1.00. The fourth-order valence-corrected chi connectivity index (χ4v) is 1.92. The lowest BCUT2D eigenvalue weighted by molar-refractivity contribution is 0.0485. The monoisotopic (exact) mass is 171 g/mol. The van der Waals surface area contributed by atoms with Crippen LogP contribution in [0.5, 0.6) is 0 Å². The highest BCUT2D eigenvalue weighted by Crippen LogP contribution is 2.16. The summed E-state index contributed by atoms with van der Waals surface area (Å²) in [6, 6.07) is 0.698. The van der Waals surface area contributed by atoms with Crippen molar-refractivity contribution in [1.29, 1.82) is 0 Å². The van der Waals surface area contributed by atoms with Gasteiger partial charge in [0, 0.05) is 12.6 Å². The van der Waals surface area contributed by atoms with Crippen LogP contribution >= 0.6 is 0 Å². The van der Waals surface area contributed by atoms with E-state index in [1.54, 1.807) is 0 Å². The number of nitrogens with zero attached hydrogens (tertiary/aromatic N) is 1. The molecule has 1 aliphatic rings. The van der Waals surface area contributed by atoms with Crippen LogP contribution in [0.25, 0.3) is 0 Å². The molecule has 0 amide bonds. The van der Waals surface area contributed by atoms with Crippen LogP contribution in [0.2, 0.25) is 0 Å². The van der Waals surface area contributed by atoms with Crippen LogP contribution in [0.1, 0.15) is 33.1 Å². The van der Waals surface area contributed by atoms with Crippen LogP contribution in [0.4, 0.5) is 0 Å². The summed E-state index contributed by atoms with van der Waals surface area (Å²) in [5.41, 5.74) is 0. The topological polar surface area (TPSA) is 12.5 Å². The first-order valence-electron chi connectivity index (χ1n) is 5.20. The Hall–Kier alpha value is -0.0800. The van der Waals surface area contributed by atoms with E-state index in [0.717, 1.165) is 13.2 Å². The quantitative estimate of drug-likeness (QED) is 0.640. The molecule has 0 bridgehead atoms. The SMILES string of the molecule is CCOCC1CCCCN1CC. The van der Waals surface area contributed by atoms with Crippen molar-refractivity contribution < 1.29 is 4.74 Å². The van der Waals surface area contributed by atoms with Gasteiger partial charge < -0.3 is 4.74 Å². The molecule has 0 aromatic rings. The molecule has 1 heterocycles. The van der Waals surface area contributed by atoms with E-state index in [1.807, 2.05) is 0 Å². The van der Waals surface area contributed by atoms with E-state index in [0.29, 0.717) is 6.04 Å². The average Bonchev–Trinajstić information content (AvgIpc) is 2.15. The summed E-state index contributed by atoms with van der Waals surface area (Å²) in [5.74, 6) is 0. The van der Waals surface area contributed by atoms with E-state index in [1.165, 1.54) is 32.4 Å². The van der Waals surface area contributed by atoms with Crippen molar-refractivity contribution >= 4 is 0 Å². The lowest BCUT2D eigenvalue weighted by Gasteiger charge is -2.34. The van der Waals surface area contributed by atoms with E-state index >= 15 is 0 Å². The first-order chi connectivity index (χ1) is 5.88. The maximum absolute atomic E-state index is 5.46. The number of hydrogen-bond acceptors (Lipinski definition) is 2. The highest BCUT2D eigenvalue weighted by molar-refractivity contribution is 4.75. The Kier molecular flexibility index (Phi) is 4.62. The van der Waals surface area contributed by atoms with Crippen LogP contribution in [0.3, 0.4) is 0 Å². The molecule has 0 spiro atoms. The molecular formula is C10H21NO. The van der Waals surface area contributed by atoms with Gasteiger partial charge in [0.05, 0.1) is 6.61 Å². The van der Waals surface area contributed by atoms with E-state index < -0.39 is 0 Å². The van der Waals surface area contributed by atoms with Crippen LogP contribution in [0, 0.1) is 0 Å². The standard InChI is InChI=1S/C10H21NO/c1-3-11-8-6-5-7-10(11)9-12-4-2/h10H,3-9H2,1-2H3. The summed E-state index contributed by atoms with van der Waals surface area (Å²) in [7, 11) is 0. The summed E-state index contributed by atoms with van der Waals surface area (Å²) >= 11 is 0. The van der Waals surface area contributed by atoms with Crippen LogP contribution in [-0.4, -0.2) is 37.2 Å². The highest BCUT2D eigenvalue weighted by Gasteiger charge is 2.20. The van der Waals surface area contributed by atoms with Gasteiger partial charge in [-0.3, -0.25) is 4.90 Å². The number of piperidine rings is 1. The third-order valence-electron chi connectivity index (χ3n) is 2.67. The fourth-order valence-electron chi connectivity index (χ4n) is 1.92. The lowest BCUT2D eigenvalue weighted by atomic mass is 10.0. The molecule has 1 atom stereocenters. The molecule has 12 heavy (non-hydrogen) atoms. The zero-order valence-electron chi connectivity index (χ0n) is 8.38. The van der Waals surface area contributed by atoms with Gasteiger partial charge in [0.2, 0.25) is 0 Å². The number of hydrogen-bond donors (Lipinski definition) is 0. The molecule has 1 rings (SSSR count). The van der Waals surface area contributed by atoms with Crippen molar-refractivity contribution in [2.75, 3.05) is 26.3 Å². The van der Waals surface area contributed by atoms with Gasteiger partial charge in [-0.25, -0.2) is 0 Å². The van der Waals surface area contributed by atoms with E-state index in [-0.39, 0.29) is 0 Å². The molecule has 0 radical (unpaired) electrons. The Bertz CT molecular complexity index is 116. The Morgan fingerprint density at radius 3 is 2.83 bits per heavy atom. The van der Waals surface area contributed by atoms with Gasteiger partial charge in [-0.15, -0.1) is 0 Å². The highest BCUT2D eigenvalue weighted by atomic mass is 16.5. The predicted octanol–water partition coefficient (Wildman–Crippen LogP) is 1.90. The third kappa shape index (κ3) is 2.76. The average molecular weight is 171 g/mol. The van der Waals surface area contributed by atoms with Crippen LogP contribution < -0.4 is 0 Å². The number of rotatable bonds is 4. The molecular weight excluding hydrogens is 150 g/mol. The molecule has 0 aromatic heterocycles. The lowest BCUT2D eigenvalue weighted by Crippen LogP contribution is -2.42. The summed E-state index contributed by atoms with van der Waals surface area (Å²) in [6.45, 7) is 8.55. The predicted molar refractivity (Wildman–Crippen MR) is 51.4 cm³/mol. The van der Waals surface area contributed by atoms with Gasteiger partial charge in [-0.1, -0.05) is 13.3 Å². The first kappa shape index (κ1) is 10.0. The molecule has 72 valence electrons. The van der Waals surface area contributed by atoms with Crippen molar-refractivity contribution in [2.45, 2.75) is 39.2 Å². The molecule has 1 saturated heterocycles. The number of likely N-dealkylation sites (N-methyl/N-ethyl adjacent to an activating group) is 1. The van der Waals surface area contributed by atoms with E-state index in [4.69, 9.17) is 4.74 Å². The van der Waals surface area contributed by atoms with Crippen molar-refractivity contribution in [1.82, 2.24) is 4.90 Å². The Morgan fingerprint density at radius 2 is 2.17 bits per heavy atom. The van der Waals surface area contributed by atoms with Crippen molar-refractivity contribution in [3.05, 3.63) is 0 Å². The molecule has 0 N–H and O–H groups in total. The molecule has 2 nitrogen and oxygen atoms in total. The van der Waals surface area contributed by atoms with Crippen LogP contribution in [0.15, 0.2) is 0 Å². The first-order valence-corrected chi connectivity index (χ1v) is 5.20. The second kappa shape index (κ2) is 5.55. The minimum atomic E-state index is 0.698. The largest absolute Gasteiger partial charge is 0.380 e. The number of ether oxygens (including phenoxy) is 1. The van der Waals surface area contributed by atoms with Gasteiger partial charge in [-0.2, -0.15) is 0 Å². The van der Waals surface area contributed by atoms with Gasteiger partial charge in [0.1, 0.15) is 0 Å². The Balaban J connectivity index is 2.26. The molecule has 1 unspecified atom stereocenters. The minimum absolute atomic E-state index is 0.698. The molecule has 0 aliphatic carbocycles. The summed E-state index contributed by atoms with van der Waals surface area (Å²) in [6.07, 6.45) is 4.08. The molecule has 1 fully saturated rings. The normalized spacial score (nSPS) is 26.0.